The standard InChI is InChI=1S/C25H30N2O5/c1-27(16-14-24(29)30)23(28)13-3-2-8-15-26-25(31)32-17-22-20-11-6-4-9-18(20)19-10-5-7-12-21(19)22/h4-7,9-12,22H,2-3,8,13-17H2,1H3,(H,26,31)(H,29,30). The highest BCUT2D eigenvalue weighted by Crippen LogP contribution is 2.44. The van der Waals surface area contributed by atoms with E-state index in [2.05, 4.69) is 29.6 Å². The third kappa shape index (κ3) is 6.09. The number of aliphatic carboxylic acids is 1. The largest absolute Gasteiger partial charge is 0.481 e. The fourth-order valence-corrected chi connectivity index (χ4v) is 4.00. The van der Waals surface area contributed by atoms with Gasteiger partial charge in [-0.25, -0.2) is 4.79 Å². The number of amides is 2. The van der Waals surface area contributed by atoms with Crippen molar-refractivity contribution in [2.75, 3.05) is 26.7 Å². The van der Waals surface area contributed by atoms with Crippen LogP contribution in [0.15, 0.2) is 48.5 Å². The normalized spacial score (nSPS) is 12.0. The lowest BCUT2D eigenvalue weighted by molar-refractivity contribution is -0.138. The van der Waals surface area contributed by atoms with Crippen LogP contribution in [0.2, 0.25) is 0 Å². The molecule has 1 aliphatic carbocycles. The quantitative estimate of drug-likeness (QED) is 0.517. The average Bonchev–Trinajstić information content (AvgIpc) is 3.12. The zero-order valence-electron chi connectivity index (χ0n) is 18.4. The molecule has 2 amide bonds. The number of rotatable bonds is 11. The summed E-state index contributed by atoms with van der Waals surface area (Å²) in [4.78, 5) is 36.1. The SMILES string of the molecule is CN(CCC(=O)O)C(=O)CCCCCNC(=O)OCC1c2ccccc2-c2ccccc21. The van der Waals surface area contributed by atoms with Gasteiger partial charge < -0.3 is 20.1 Å². The van der Waals surface area contributed by atoms with Crippen molar-refractivity contribution in [1.82, 2.24) is 10.2 Å². The van der Waals surface area contributed by atoms with Crippen LogP contribution in [0.3, 0.4) is 0 Å². The number of nitrogens with one attached hydrogen (secondary N) is 1. The van der Waals surface area contributed by atoms with Crippen molar-refractivity contribution in [2.24, 2.45) is 0 Å². The summed E-state index contributed by atoms with van der Waals surface area (Å²) in [6.07, 6.45) is 2.13. The Bertz CT molecular complexity index is 913. The molecule has 0 saturated heterocycles. The van der Waals surface area contributed by atoms with Crippen LogP contribution in [0, 0.1) is 0 Å². The lowest BCUT2D eigenvalue weighted by Crippen LogP contribution is -2.29. The van der Waals surface area contributed by atoms with Crippen LogP contribution in [0.25, 0.3) is 11.1 Å². The monoisotopic (exact) mass is 438 g/mol. The van der Waals surface area contributed by atoms with Gasteiger partial charge in [-0.15, -0.1) is 0 Å². The minimum Gasteiger partial charge on any atom is -0.481 e. The van der Waals surface area contributed by atoms with Crippen LogP contribution in [-0.4, -0.2) is 54.7 Å². The summed E-state index contributed by atoms with van der Waals surface area (Å²) >= 11 is 0. The first-order valence-corrected chi connectivity index (χ1v) is 11.0. The molecule has 0 atom stereocenters. The fourth-order valence-electron chi connectivity index (χ4n) is 4.00. The van der Waals surface area contributed by atoms with E-state index in [1.165, 1.54) is 27.2 Å². The van der Waals surface area contributed by atoms with Crippen LogP contribution in [0.1, 0.15) is 49.1 Å². The summed E-state index contributed by atoms with van der Waals surface area (Å²) in [5.74, 6) is -0.933. The van der Waals surface area contributed by atoms with Crippen molar-refractivity contribution in [3.8, 4) is 11.1 Å². The Balaban J connectivity index is 1.34. The van der Waals surface area contributed by atoms with E-state index in [9.17, 15) is 14.4 Å². The van der Waals surface area contributed by atoms with E-state index in [1.54, 1.807) is 7.05 Å². The first kappa shape index (κ1) is 23.3. The Morgan fingerprint density at radius 3 is 2.19 bits per heavy atom. The zero-order chi connectivity index (χ0) is 22.9. The maximum Gasteiger partial charge on any atom is 0.407 e. The van der Waals surface area contributed by atoms with Gasteiger partial charge in [0, 0.05) is 32.5 Å². The van der Waals surface area contributed by atoms with Crippen LogP contribution < -0.4 is 5.32 Å². The van der Waals surface area contributed by atoms with Crippen LogP contribution in [0.4, 0.5) is 4.79 Å². The molecule has 170 valence electrons. The van der Waals surface area contributed by atoms with Crippen LogP contribution in [0.5, 0.6) is 0 Å². The summed E-state index contributed by atoms with van der Waals surface area (Å²) in [6, 6.07) is 16.4. The molecule has 32 heavy (non-hydrogen) atoms. The van der Waals surface area contributed by atoms with E-state index in [0.717, 1.165) is 12.8 Å². The highest BCUT2D eigenvalue weighted by molar-refractivity contribution is 5.79. The van der Waals surface area contributed by atoms with Gasteiger partial charge in [-0.2, -0.15) is 0 Å². The van der Waals surface area contributed by atoms with E-state index < -0.39 is 12.1 Å². The number of hydrogen-bond acceptors (Lipinski definition) is 4. The Morgan fingerprint density at radius 2 is 1.56 bits per heavy atom. The number of hydrogen-bond donors (Lipinski definition) is 2. The highest BCUT2D eigenvalue weighted by atomic mass is 16.5. The third-order valence-corrected chi connectivity index (χ3v) is 5.77. The van der Waals surface area contributed by atoms with Crippen molar-refractivity contribution in [2.45, 2.75) is 38.0 Å². The fraction of sp³-hybridized carbons (Fsp3) is 0.400. The number of benzene rings is 2. The first-order valence-electron chi connectivity index (χ1n) is 11.0. The highest BCUT2D eigenvalue weighted by Gasteiger charge is 2.28. The second kappa shape index (κ2) is 11.3. The molecule has 2 aromatic rings. The molecule has 2 N–H and O–H groups in total. The lowest BCUT2D eigenvalue weighted by atomic mass is 9.98. The molecular formula is C25H30N2O5. The number of carbonyl (C=O) groups excluding carboxylic acids is 2. The molecule has 7 nitrogen and oxygen atoms in total. The van der Waals surface area contributed by atoms with Gasteiger partial charge in [0.2, 0.25) is 5.91 Å². The minimum absolute atomic E-state index is 0.0391. The number of nitrogens with zero attached hydrogens (tertiary/aromatic N) is 1. The molecule has 2 aromatic carbocycles. The van der Waals surface area contributed by atoms with Gasteiger partial charge in [0.05, 0.1) is 6.42 Å². The second-order valence-electron chi connectivity index (χ2n) is 8.02. The molecule has 0 spiro atoms. The van der Waals surface area contributed by atoms with Crippen molar-refractivity contribution in [3.05, 3.63) is 59.7 Å². The van der Waals surface area contributed by atoms with Gasteiger partial charge in [-0.05, 0) is 35.1 Å². The molecule has 3 rings (SSSR count). The molecule has 7 heteroatoms. The predicted molar refractivity (Wildman–Crippen MR) is 121 cm³/mol. The lowest BCUT2D eigenvalue weighted by Gasteiger charge is -2.16. The number of carboxylic acid groups (broad SMARTS) is 1. The Hall–Kier alpha value is -3.35. The zero-order valence-corrected chi connectivity index (χ0v) is 18.4. The van der Waals surface area contributed by atoms with E-state index >= 15 is 0 Å². The molecule has 0 heterocycles. The molecule has 0 unspecified atom stereocenters. The van der Waals surface area contributed by atoms with Crippen molar-refractivity contribution < 1.29 is 24.2 Å². The molecule has 0 aliphatic heterocycles. The molecule has 0 radical (unpaired) electrons. The van der Waals surface area contributed by atoms with Crippen molar-refractivity contribution in [3.63, 3.8) is 0 Å². The molecule has 0 aromatic heterocycles. The van der Waals surface area contributed by atoms with Gasteiger partial charge in [0.15, 0.2) is 0 Å². The number of carbonyl (C=O) groups is 3. The summed E-state index contributed by atoms with van der Waals surface area (Å²) < 4.78 is 5.50. The molecule has 1 aliphatic rings. The molecule has 0 bridgehead atoms. The third-order valence-electron chi connectivity index (χ3n) is 5.77. The molecule has 0 saturated carbocycles. The summed E-state index contributed by atoms with van der Waals surface area (Å²) in [5, 5.41) is 11.4. The average molecular weight is 439 g/mol. The van der Waals surface area contributed by atoms with E-state index in [0.29, 0.717) is 19.4 Å². The van der Waals surface area contributed by atoms with Gasteiger partial charge in [-0.3, -0.25) is 9.59 Å². The number of fused-ring (bicyclic) bond motifs is 3. The number of ether oxygens (including phenoxy) is 1. The van der Waals surface area contributed by atoms with Gasteiger partial charge in [-0.1, -0.05) is 55.0 Å². The van der Waals surface area contributed by atoms with Crippen LogP contribution in [-0.2, 0) is 14.3 Å². The summed E-state index contributed by atoms with van der Waals surface area (Å²) in [7, 11) is 1.62. The van der Waals surface area contributed by atoms with Gasteiger partial charge in [0.25, 0.3) is 0 Å². The van der Waals surface area contributed by atoms with E-state index in [4.69, 9.17) is 9.84 Å². The number of unbranched alkanes of at least 4 members (excludes halogenated alkanes) is 2. The van der Waals surface area contributed by atoms with Gasteiger partial charge in [0.1, 0.15) is 6.61 Å². The number of alkyl carbamates (subject to hydrolysis) is 1. The van der Waals surface area contributed by atoms with E-state index in [1.807, 2.05) is 24.3 Å². The first-order chi connectivity index (χ1) is 15.5. The maximum atomic E-state index is 12.1. The van der Waals surface area contributed by atoms with E-state index in [-0.39, 0.29) is 31.4 Å². The van der Waals surface area contributed by atoms with Gasteiger partial charge >= 0.3 is 12.1 Å². The summed E-state index contributed by atoms with van der Waals surface area (Å²) in [5.41, 5.74) is 4.75. The Kier molecular flexibility index (Phi) is 8.25. The smallest absolute Gasteiger partial charge is 0.407 e. The maximum absolute atomic E-state index is 12.1. The molecular weight excluding hydrogens is 408 g/mol. The summed E-state index contributed by atoms with van der Waals surface area (Å²) in [6.45, 7) is 0.994. The molecule has 0 fully saturated rings. The second-order valence-corrected chi connectivity index (χ2v) is 8.02. The Labute approximate surface area is 188 Å². The minimum atomic E-state index is -0.913. The predicted octanol–water partition coefficient (Wildman–Crippen LogP) is 4.02. The van der Waals surface area contributed by atoms with Crippen molar-refractivity contribution in [1.29, 1.82) is 0 Å². The van der Waals surface area contributed by atoms with Crippen LogP contribution >= 0.6 is 0 Å². The van der Waals surface area contributed by atoms with Crippen molar-refractivity contribution >= 4 is 18.0 Å². The Morgan fingerprint density at radius 1 is 0.938 bits per heavy atom. The number of carboxylic acids is 1. The topological polar surface area (TPSA) is 95.9 Å².